The van der Waals surface area contributed by atoms with Gasteiger partial charge >= 0.3 is 0 Å². The van der Waals surface area contributed by atoms with E-state index in [2.05, 4.69) is 25.8 Å². The second-order valence-electron chi connectivity index (χ2n) is 6.87. The van der Waals surface area contributed by atoms with E-state index in [4.69, 9.17) is 5.73 Å². The minimum Gasteiger partial charge on any atom is -0.508 e. The van der Waals surface area contributed by atoms with E-state index in [0.29, 0.717) is 18.3 Å². The number of aryl methyl sites for hydroxylation is 1. The highest BCUT2D eigenvalue weighted by atomic mass is 32.1. The summed E-state index contributed by atoms with van der Waals surface area (Å²) in [4.78, 5) is 13.4. The number of anilines is 1. The smallest absolute Gasteiger partial charge is 0.191 e. The molecule has 4 rings (SSSR count). The van der Waals surface area contributed by atoms with Gasteiger partial charge in [-0.25, -0.2) is 9.98 Å². The monoisotopic (exact) mass is 371 g/mol. The molecule has 1 aromatic carbocycles. The average Bonchev–Trinajstić information content (AvgIpc) is 3.22. The number of hydrogen-bond donors (Lipinski definition) is 2. The molecule has 0 radical (unpaired) electrons. The number of piperazine rings is 1. The Morgan fingerprint density at radius 1 is 1.19 bits per heavy atom. The lowest BCUT2D eigenvalue weighted by atomic mass is 9.88. The predicted molar refractivity (Wildman–Crippen MR) is 106 cm³/mol. The van der Waals surface area contributed by atoms with Gasteiger partial charge in [0, 0.05) is 43.3 Å². The molecule has 1 aromatic heterocycles. The molecule has 26 heavy (non-hydrogen) atoms. The average molecular weight is 372 g/mol. The Balaban J connectivity index is 1.42. The van der Waals surface area contributed by atoms with Crippen LogP contribution in [0.3, 0.4) is 0 Å². The first-order chi connectivity index (χ1) is 12.7. The van der Waals surface area contributed by atoms with Crippen molar-refractivity contribution < 1.29 is 5.11 Å². The van der Waals surface area contributed by atoms with E-state index in [-0.39, 0.29) is 0 Å². The molecule has 0 spiro atoms. The van der Waals surface area contributed by atoms with Gasteiger partial charge in [-0.05, 0) is 42.9 Å². The molecule has 0 atom stereocenters. The lowest BCUT2D eigenvalue weighted by Gasteiger charge is -2.35. The van der Waals surface area contributed by atoms with Crippen LogP contribution < -0.4 is 10.6 Å². The molecule has 6 nitrogen and oxygen atoms in total. The highest BCUT2D eigenvalue weighted by molar-refractivity contribution is 7.13. The third-order valence-corrected chi connectivity index (χ3v) is 6.15. The fourth-order valence-corrected chi connectivity index (χ4v) is 4.52. The molecule has 1 saturated heterocycles. The van der Waals surface area contributed by atoms with Crippen molar-refractivity contribution in [2.75, 3.05) is 31.1 Å². The van der Waals surface area contributed by atoms with Crippen LogP contribution in [0, 0.1) is 0 Å². The van der Waals surface area contributed by atoms with Crippen molar-refractivity contribution in [3.63, 3.8) is 0 Å². The van der Waals surface area contributed by atoms with Crippen LogP contribution >= 0.6 is 11.3 Å². The SMILES string of the molecule is NC(=NCc1c(O)ccc2c1CCCC2)N1CCN(c2nccs2)CC1. The summed E-state index contributed by atoms with van der Waals surface area (Å²) in [6.07, 6.45) is 6.38. The Labute approximate surface area is 158 Å². The number of fused-ring (bicyclic) bond motifs is 1. The maximum atomic E-state index is 10.3. The first-order valence-corrected chi connectivity index (χ1v) is 10.1. The number of aromatic nitrogens is 1. The normalized spacial score (nSPS) is 18.1. The quantitative estimate of drug-likeness (QED) is 0.640. The van der Waals surface area contributed by atoms with Crippen LogP contribution in [0.15, 0.2) is 28.7 Å². The first kappa shape index (κ1) is 17.1. The fraction of sp³-hybridized carbons (Fsp3) is 0.474. The fourth-order valence-electron chi connectivity index (χ4n) is 3.83. The van der Waals surface area contributed by atoms with Crippen LogP contribution in [0.25, 0.3) is 0 Å². The molecular weight excluding hydrogens is 346 g/mol. The molecule has 0 bridgehead atoms. The molecule has 1 aliphatic carbocycles. The molecule has 1 aliphatic heterocycles. The van der Waals surface area contributed by atoms with Crippen molar-refractivity contribution in [2.24, 2.45) is 10.7 Å². The molecule has 7 heteroatoms. The van der Waals surface area contributed by atoms with Crippen molar-refractivity contribution in [2.45, 2.75) is 32.2 Å². The summed E-state index contributed by atoms with van der Waals surface area (Å²) in [6.45, 7) is 3.93. The number of nitrogens with zero attached hydrogens (tertiary/aromatic N) is 4. The van der Waals surface area contributed by atoms with E-state index >= 15 is 0 Å². The number of aromatic hydroxyl groups is 1. The largest absolute Gasteiger partial charge is 0.508 e. The number of guanidine groups is 1. The summed E-state index contributed by atoms with van der Waals surface area (Å²) in [5.41, 5.74) is 9.84. The number of rotatable bonds is 3. The topological polar surface area (TPSA) is 78.0 Å². The molecule has 138 valence electrons. The van der Waals surface area contributed by atoms with Crippen molar-refractivity contribution in [1.29, 1.82) is 0 Å². The van der Waals surface area contributed by atoms with Crippen molar-refractivity contribution >= 4 is 22.4 Å². The van der Waals surface area contributed by atoms with E-state index < -0.39 is 0 Å². The molecule has 0 amide bonds. The first-order valence-electron chi connectivity index (χ1n) is 9.24. The third kappa shape index (κ3) is 3.49. The zero-order valence-electron chi connectivity index (χ0n) is 14.9. The van der Waals surface area contributed by atoms with Gasteiger partial charge in [0.25, 0.3) is 0 Å². The summed E-state index contributed by atoms with van der Waals surface area (Å²) < 4.78 is 0. The van der Waals surface area contributed by atoms with E-state index in [0.717, 1.165) is 49.7 Å². The number of thiazole rings is 1. The Kier molecular flexibility index (Phi) is 4.97. The Morgan fingerprint density at radius 2 is 2.00 bits per heavy atom. The lowest BCUT2D eigenvalue weighted by Crippen LogP contribution is -2.51. The Morgan fingerprint density at radius 3 is 2.77 bits per heavy atom. The van der Waals surface area contributed by atoms with Crippen LogP contribution in [0.4, 0.5) is 5.13 Å². The standard InChI is InChI=1S/C19H25N5OS/c20-18(23-8-10-24(11-9-23)19-21-7-12-26-19)22-13-16-15-4-2-1-3-14(15)5-6-17(16)25/h5-7,12,25H,1-4,8-11,13H2,(H2,20,22). The maximum Gasteiger partial charge on any atom is 0.191 e. The summed E-state index contributed by atoms with van der Waals surface area (Å²) in [5.74, 6) is 0.910. The Hall–Kier alpha value is -2.28. The van der Waals surface area contributed by atoms with Gasteiger partial charge in [-0.15, -0.1) is 11.3 Å². The van der Waals surface area contributed by atoms with Gasteiger partial charge in [-0.3, -0.25) is 0 Å². The van der Waals surface area contributed by atoms with Gasteiger partial charge in [0.05, 0.1) is 6.54 Å². The highest BCUT2D eigenvalue weighted by Gasteiger charge is 2.20. The Bertz CT molecular complexity index is 781. The second-order valence-corrected chi connectivity index (χ2v) is 7.74. The van der Waals surface area contributed by atoms with Crippen LogP contribution in [0.1, 0.15) is 29.5 Å². The van der Waals surface area contributed by atoms with E-state index in [1.165, 1.54) is 24.0 Å². The number of nitrogens with two attached hydrogens (primary N) is 1. The van der Waals surface area contributed by atoms with Crippen LogP contribution in [-0.2, 0) is 19.4 Å². The highest BCUT2D eigenvalue weighted by Crippen LogP contribution is 2.31. The molecule has 2 heterocycles. The minimum atomic E-state index is 0.343. The zero-order chi connectivity index (χ0) is 17.9. The van der Waals surface area contributed by atoms with Gasteiger partial charge in [-0.1, -0.05) is 6.07 Å². The number of hydrogen-bond acceptors (Lipinski definition) is 5. The lowest BCUT2D eigenvalue weighted by molar-refractivity contribution is 0.380. The van der Waals surface area contributed by atoms with Crippen molar-refractivity contribution in [1.82, 2.24) is 9.88 Å². The van der Waals surface area contributed by atoms with E-state index in [1.807, 2.05) is 11.6 Å². The number of phenols is 1. The van der Waals surface area contributed by atoms with Gasteiger partial charge in [0.15, 0.2) is 11.1 Å². The maximum absolute atomic E-state index is 10.3. The molecule has 2 aromatic rings. The molecule has 3 N–H and O–H groups in total. The van der Waals surface area contributed by atoms with E-state index in [9.17, 15) is 5.11 Å². The summed E-state index contributed by atoms with van der Waals surface area (Å²) in [7, 11) is 0. The van der Waals surface area contributed by atoms with Crippen LogP contribution in [-0.4, -0.2) is 47.1 Å². The predicted octanol–water partition coefficient (Wildman–Crippen LogP) is 2.36. The molecule has 2 aliphatic rings. The molecule has 0 saturated carbocycles. The zero-order valence-corrected chi connectivity index (χ0v) is 15.7. The molecule has 1 fully saturated rings. The van der Waals surface area contributed by atoms with Gasteiger partial charge in [0.1, 0.15) is 5.75 Å². The molecule has 0 unspecified atom stereocenters. The van der Waals surface area contributed by atoms with Gasteiger partial charge < -0.3 is 20.6 Å². The van der Waals surface area contributed by atoms with Crippen molar-refractivity contribution in [3.8, 4) is 5.75 Å². The molecular formula is C19H25N5OS. The third-order valence-electron chi connectivity index (χ3n) is 5.32. The summed E-state index contributed by atoms with van der Waals surface area (Å²) in [6, 6.07) is 3.86. The van der Waals surface area contributed by atoms with E-state index in [1.54, 1.807) is 17.4 Å². The second kappa shape index (κ2) is 7.53. The number of aliphatic imine (C=N–C) groups is 1. The number of benzene rings is 1. The van der Waals surface area contributed by atoms with Gasteiger partial charge in [-0.2, -0.15) is 0 Å². The number of phenolic OH excluding ortho intramolecular Hbond substituents is 1. The van der Waals surface area contributed by atoms with Gasteiger partial charge in [0.2, 0.25) is 0 Å². The summed E-state index contributed by atoms with van der Waals surface area (Å²) in [5, 5.41) is 13.4. The van der Waals surface area contributed by atoms with Crippen LogP contribution in [0.5, 0.6) is 5.75 Å². The minimum absolute atomic E-state index is 0.343. The summed E-state index contributed by atoms with van der Waals surface area (Å²) >= 11 is 1.67. The van der Waals surface area contributed by atoms with Crippen molar-refractivity contribution in [3.05, 3.63) is 40.4 Å². The van der Waals surface area contributed by atoms with Crippen LogP contribution in [0.2, 0.25) is 0 Å².